The molecule has 0 radical (unpaired) electrons. The molecular weight excluding hydrogens is 342 g/mol. The molecule has 0 spiro atoms. The van der Waals surface area contributed by atoms with Crippen LogP contribution in [-0.4, -0.2) is 41.0 Å². The summed E-state index contributed by atoms with van der Waals surface area (Å²) in [4.78, 5) is 26.7. The highest BCUT2D eigenvalue weighted by Gasteiger charge is 2.26. The van der Waals surface area contributed by atoms with Crippen molar-refractivity contribution >= 4 is 23.5 Å². The highest BCUT2D eigenvalue weighted by atomic mass is 16.1. The molecule has 0 bridgehead atoms. The smallest absolute Gasteiger partial charge is 0.222 e. The Labute approximate surface area is 158 Å². The fourth-order valence-electron chi connectivity index (χ4n) is 3.13. The number of aryl methyl sites for hydroxylation is 1. The van der Waals surface area contributed by atoms with Crippen LogP contribution in [0.4, 0.5) is 17.6 Å². The molecular formula is C19H23N7O. The van der Waals surface area contributed by atoms with Crippen LogP contribution in [0.5, 0.6) is 0 Å². The SMILES string of the molecule is CNC(=O)C1CCN(c2nc(N)nc(C)c2C#Cc2ccc(N)nc2)CC1. The molecule has 27 heavy (non-hydrogen) atoms. The maximum Gasteiger partial charge on any atom is 0.222 e. The second-order valence-corrected chi connectivity index (χ2v) is 6.46. The third kappa shape index (κ3) is 4.26. The maximum atomic E-state index is 11.9. The largest absolute Gasteiger partial charge is 0.384 e. The van der Waals surface area contributed by atoms with E-state index in [1.807, 2.05) is 13.0 Å². The zero-order valence-electron chi connectivity index (χ0n) is 15.5. The van der Waals surface area contributed by atoms with Gasteiger partial charge in [0, 0.05) is 37.8 Å². The lowest BCUT2D eigenvalue weighted by molar-refractivity contribution is -0.125. The number of rotatable bonds is 2. The van der Waals surface area contributed by atoms with Gasteiger partial charge in [0.25, 0.3) is 0 Å². The van der Waals surface area contributed by atoms with Crippen LogP contribution in [-0.2, 0) is 4.79 Å². The van der Waals surface area contributed by atoms with E-state index in [1.54, 1.807) is 19.3 Å². The van der Waals surface area contributed by atoms with E-state index in [-0.39, 0.29) is 17.8 Å². The minimum atomic E-state index is 0.0296. The Morgan fingerprint density at radius 2 is 1.96 bits per heavy atom. The quantitative estimate of drug-likeness (QED) is 0.670. The van der Waals surface area contributed by atoms with Gasteiger partial charge in [-0.25, -0.2) is 9.97 Å². The summed E-state index contributed by atoms with van der Waals surface area (Å²) in [5.74, 6) is 7.74. The van der Waals surface area contributed by atoms with E-state index in [0.29, 0.717) is 24.7 Å². The van der Waals surface area contributed by atoms with Crippen LogP contribution in [0.25, 0.3) is 0 Å². The third-order valence-corrected chi connectivity index (χ3v) is 4.62. The van der Waals surface area contributed by atoms with E-state index >= 15 is 0 Å². The first kappa shape index (κ1) is 18.5. The minimum Gasteiger partial charge on any atom is -0.384 e. The van der Waals surface area contributed by atoms with Gasteiger partial charge < -0.3 is 21.7 Å². The standard InChI is InChI=1S/C19H23N7O/c1-12-15(5-3-13-4-6-16(20)23-11-13)17(25-19(21)24-12)26-9-7-14(8-10-26)18(27)22-2/h4,6,11,14H,7-10H2,1-2H3,(H2,20,23)(H,22,27)(H2,21,24,25). The summed E-state index contributed by atoms with van der Waals surface area (Å²) < 4.78 is 0. The molecule has 1 amide bonds. The molecule has 140 valence electrons. The number of nitrogen functional groups attached to an aromatic ring is 2. The van der Waals surface area contributed by atoms with Gasteiger partial charge in [0.15, 0.2) is 0 Å². The summed E-state index contributed by atoms with van der Waals surface area (Å²) in [5.41, 5.74) is 13.7. The number of carbonyl (C=O) groups excluding carboxylic acids is 1. The first-order valence-electron chi connectivity index (χ1n) is 8.82. The van der Waals surface area contributed by atoms with E-state index < -0.39 is 0 Å². The first-order chi connectivity index (χ1) is 13.0. The lowest BCUT2D eigenvalue weighted by Gasteiger charge is -2.32. The molecule has 3 rings (SSSR count). The zero-order chi connectivity index (χ0) is 19.4. The number of nitrogens with two attached hydrogens (primary N) is 2. The highest BCUT2D eigenvalue weighted by molar-refractivity contribution is 5.78. The topological polar surface area (TPSA) is 123 Å². The number of pyridine rings is 1. The number of nitrogens with zero attached hydrogens (tertiary/aromatic N) is 4. The van der Waals surface area contributed by atoms with Gasteiger partial charge in [-0.2, -0.15) is 4.98 Å². The number of amides is 1. The highest BCUT2D eigenvalue weighted by Crippen LogP contribution is 2.26. The number of anilines is 3. The molecule has 1 fully saturated rings. The van der Waals surface area contributed by atoms with Gasteiger partial charge in [0.2, 0.25) is 11.9 Å². The lowest BCUT2D eigenvalue weighted by Crippen LogP contribution is -2.40. The molecule has 0 atom stereocenters. The molecule has 0 saturated carbocycles. The van der Waals surface area contributed by atoms with Gasteiger partial charge in [0.05, 0.1) is 11.3 Å². The van der Waals surface area contributed by atoms with Crippen molar-refractivity contribution in [2.24, 2.45) is 5.92 Å². The molecule has 2 aromatic heterocycles. The third-order valence-electron chi connectivity index (χ3n) is 4.62. The van der Waals surface area contributed by atoms with Gasteiger partial charge in [-0.3, -0.25) is 4.79 Å². The van der Waals surface area contributed by atoms with Crippen LogP contribution in [0, 0.1) is 24.7 Å². The Kier molecular flexibility index (Phi) is 5.41. The minimum absolute atomic E-state index is 0.0296. The Balaban J connectivity index is 1.88. The Bertz CT molecular complexity index is 891. The normalized spacial score (nSPS) is 14.4. The lowest BCUT2D eigenvalue weighted by atomic mass is 9.95. The summed E-state index contributed by atoms with van der Waals surface area (Å²) in [6, 6.07) is 3.53. The Hall–Kier alpha value is -3.34. The Morgan fingerprint density at radius 3 is 2.59 bits per heavy atom. The molecule has 0 aliphatic carbocycles. The van der Waals surface area contributed by atoms with Crippen molar-refractivity contribution in [2.75, 3.05) is 36.5 Å². The summed E-state index contributed by atoms with van der Waals surface area (Å²) in [5, 5.41) is 2.72. The van der Waals surface area contributed by atoms with Crippen molar-refractivity contribution in [3.63, 3.8) is 0 Å². The van der Waals surface area contributed by atoms with Crippen LogP contribution >= 0.6 is 0 Å². The predicted molar refractivity (Wildman–Crippen MR) is 105 cm³/mol. The van der Waals surface area contributed by atoms with Gasteiger partial charge in [-0.15, -0.1) is 0 Å². The first-order valence-corrected chi connectivity index (χ1v) is 8.82. The van der Waals surface area contributed by atoms with Crippen LogP contribution in [0.1, 0.15) is 29.7 Å². The number of nitrogens with one attached hydrogen (secondary N) is 1. The van der Waals surface area contributed by atoms with Crippen molar-refractivity contribution in [2.45, 2.75) is 19.8 Å². The second-order valence-electron chi connectivity index (χ2n) is 6.46. The molecule has 1 saturated heterocycles. The number of hydrogen-bond donors (Lipinski definition) is 3. The fourth-order valence-corrected chi connectivity index (χ4v) is 3.13. The number of aromatic nitrogens is 3. The van der Waals surface area contributed by atoms with Crippen molar-refractivity contribution in [1.29, 1.82) is 0 Å². The number of piperidine rings is 1. The zero-order valence-corrected chi connectivity index (χ0v) is 15.5. The Morgan fingerprint density at radius 1 is 1.22 bits per heavy atom. The summed E-state index contributed by atoms with van der Waals surface area (Å²) in [7, 11) is 1.67. The van der Waals surface area contributed by atoms with Crippen molar-refractivity contribution in [3.05, 3.63) is 35.2 Å². The van der Waals surface area contributed by atoms with E-state index in [9.17, 15) is 4.79 Å². The van der Waals surface area contributed by atoms with E-state index in [1.165, 1.54) is 0 Å². The molecule has 8 heteroatoms. The van der Waals surface area contributed by atoms with Crippen molar-refractivity contribution in [1.82, 2.24) is 20.3 Å². The van der Waals surface area contributed by atoms with Crippen LogP contribution < -0.4 is 21.7 Å². The summed E-state index contributed by atoms with van der Waals surface area (Å²) in [6.45, 7) is 3.29. The van der Waals surface area contributed by atoms with E-state index in [4.69, 9.17) is 11.5 Å². The van der Waals surface area contributed by atoms with E-state index in [2.05, 4.69) is 37.0 Å². The maximum absolute atomic E-state index is 11.9. The van der Waals surface area contributed by atoms with Crippen LogP contribution in [0.3, 0.4) is 0 Å². The molecule has 8 nitrogen and oxygen atoms in total. The van der Waals surface area contributed by atoms with E-state index in [0.717, 1.165) is 29.7 Å². The van der Waals surface area contributed by atoms with Gasteiger partial charge in [-0.05, 0) is 31.9 Å². The molecule has 0 unspecified atom stereocenters. The molecule has 3 heterocycles. The average molecular weight is 365 g/mol. The summed E-state index contributed by atoms with van der Waals surface area (Å²) in [6.07, 6.45) is 3.15. The number of carbonyl (C=O) groups is 1. The second kappa shape index (κ2) is 7.91. The van der Waals surface area contributed by atoms with Gasteiger partial charge >= 0.3 is 0 Å². The molecule has 2 aromatic rings. The van der Waals surface area contributed by atoms with Crippen LogP contribution in [0.2, 0.25) is 0 Å². The van der Waals surface area contributed by atoms with Crippen LogP contribution in [0.15, 0.2) is 18.3 Å². The average Bonchev–Trinajstić information content (AvgIpc) is 2.67. The molecule has 0 aromatic carbocycles. The fraction of sp³-hybridized carbons (Fsp3) is 0.368. The van der Waals surface area contributed by atoms with Gasteiger partial charge in [0.1, 0.15) is 11.6 Å². The monoisotopic (exact) mass is 365 g/mol. The van der Waals surface area contributed by atoms with Crippen molar-refractivity contribution in [3.8, 4) is 11.8 Å². The summed E-state index contributed by atoms with van der Waals surface area (Å²) >= 11 is 0. The molecule has 5 N–H and O–H groups in total. The predicted octanol–water partition coefficient (Wildman–Crippen LogP) is 0.707. The van der Waals surface area contributed by atoms with Gasteiger partial charge in [-0.1, -0.05) is 11.8 Å². The molecule has 1 aliphatic rings. The van der Waals surface area contributed by atoms with Crippen molar-refractivity contribution < 1.29 is 4.79 Å². The molecule has 1 aliphatic heterocycles. The number of hydrogen-bond acceptors (Lipinski definition) is 7.